The van der Waals surface area contributed by atoms with Gasteiger partial charge in [-0.2, -0.15) is 10.5 Å². The summed E-state index contributed by atoms with van der Waals surface area (Å²) in [6.07, 6.45) is 2.97. The Morgan fingerprint density at radius 1 is 0.857 bits per heavy atom. The molecule has 1 atom stereocenters. The molecule has 1 unspecified atom stereocenters. The summed E-state index contributed by atoms with van der Waals surface area (Å²) >= 11 is 0. The molecule has 4 aromatic carbocycles. The smallest absolute Gasteiger partial charge is 0.124 e. The zero-order valence-corrected chi connectivity index (χ0v) is 19.5. The molecular weight excluding hydrogens is 456 g/mol. The van der Waals surface area contributed by atoms with Gasteiger partial charge in [0.2, 0.25) is 0 Å². The van der Waals surface area contributed by atoms with Crippen LogP contribution in [0.2, 0.25) is 0 Å². The maximum Gasteiger partial charge on any atom is 0.124 e. The normalized spacial score (nSPS) is 11.3. The van der Waals surface area contributed by atoms with E-state index in [4.69, 9.17) is 10.00 Å². The number of aromatic amines is 1. The molecule has 1 N–H and O–H groups in total. The van der Waals surface area contributed by atoms with Crippen molar-refractivity contribution < 1.29 is 4.74 Å². The van der Waals surface area contributed by atoms with Gasteiger partial charge in [0.25, 0.3) is 0 Å². The van der Waals surface area contributed by atoms with Crippen LogP contribution < -0.4 is 0 Å². The van der Waals surface area contributed by atoms with Crippen molar-refractivity contribution in [2.75, 3.05) is 0 Å². The summed E-state index contributed by atoms with van der Waals surface area (Å²) in [6.45, 7) is 0.360. The molecule has 35 heavy (non-hydrogen) atoms. The predicted molar refractivity (Wildman–Crippen MR) is 138 cm³/mol. The summed E-state index contributed by atoms with van der Waals surface area (Å²) in [5.74, 6) is 0. The van der Waals surface area contributed by atoms with Gasteiger partial charge < -0.3 is 9.72 Å². The van der Waals surface area contributed by atoms with E-state index in [-0.39, 0.29) is 12.4 Å². The highest BCUT2D eigenvalue weighted by molar-refractivity contribution is 5.97. The SMILES string of the molecule is Cl.N#Cc1ccc(COC(c2ccc(C#N)c(-c3cccc4ccccc34)c2)c2cnc[nH]2)cc1. The van der Waals surface area contributed by atoms with Gasteiger partial charge in [-0.1, -0.05) is 60.7 Å². The van der Waals surface area contributed by atoms with Crippen LogP contribution >= 0.6 is 12.4 Å². The van der Waals surface area contributed by atoms with Crippen LogP contribution in [0.4, 0.5) is 0 Å². The largest absolute Gasteiger partial charge is 0.363 e. The molecule has 0 aliphatic rings. The third-order valence-electron chi connectivity index (χ3n) is 5.85. The average Bonchev–Trinajstić information content (AvgIpc) is 3.43. The number of aromatic nitrogens is 2. The van der Waals surface area contributed by atoms with Crippen LogP contribution in [0.15, 0.2) is 97.5 Å². The van der Waals surface area contributed by atoms with Crippen molar-refractivity contribution in [3.05, 3.63) is 125 Å². The molecule has 0 spiro atoms. The molecule has 0 radical (unpaired) electrons. The van der Waals surface area contributed by atoms with Crippen LogP contribution in [0.25, 0.3) is 21.9 Å². The van der Waals surface area contributed by atoms with Crippen molar-refractivity contribution in [1.29, 1.82) is 10.5 Å². The summed E-state index contributed by atoms with van der Waals surface area (Å²) in [4.78, 5) is 7.34. The van der Waals surface area contributed by atoms with Gasteiger partial charge in [-0.15, -0.1) is 12.4 Å². The Morgan fingerprint density at radius 3 is 2.40 bits per heavy atom. The second kappa shape index (κ2) is 10.7. The molecule has 5 nitrogen and oxygen atoms in total. The van der Waals surface area contributed by atoms with Crippen LogP contribution in [0.3, 0.4) is 0 Å². The first-order valence-electron chi connectivity index (χ1n) is 10.9. The van der Waals surface area contributed by atoms with Gasteiger partial charge in [0.05, 0.1) is 48.1 Å². The van der Waals surface area contributed by atoms with Gasteiger partial charge in [0, 0.05) is 5.56 Å². The van der Waals surface area contributed by atoms with Gasteiger partial charge >= 0.3 is 0 Å². The predicted octanol–water partition coefficient (Wildman–Crippen LogP) is 6.70. The lowest BCUT2D eigenvalue weighted by Crippen LogP contribution is -2.08. The Labute approximate surface area is 209 Å². The Morgan fingerprint density at radius 2 is 1.66 bits per heavy atom. The summed E-state index contributed by atoms with van der Waals surface area (Å²) in [6, 6.07) is 31.9. The number of ether oxygens (including phenoxy) is 1. The number of nitrogens with one attached hydrogen (secondary N) is 1. The van der Waals surface area contributed by atoms with Crippen molar-refractivity contribution in [3.8, 4) is 23.3 Å². The number of fused-ring (bicyclic) bond motifs is 1. The van der Waals surface area contributed by atoms with E-state index in [9.17, 15) is 5.26 Å². The molecule has 0 amide bonds. The van der Waals surface area contributed by atoms with Crippen molar-refractivity contribution >= 4 is 23.2 Å². The van der Waals surface area contributed by atoms with E-state index >= 15 is 0 Å². The third kappa shape index (κ3) is 4.93. The van der Waals surface area contributed by atoms with Crippen molar-refractivity contribution in [2.24, 2.45) is 0 Å². The number of rotatable bonds is 6. The highest BCUT2D eigenvalue weighted by Crippen LogP contribution is 2.35. The number of nitrogens with zero attached hydrogens (tertiary/aromatic N) is 3. The van der Waals surface area contributed by atoms with E-state index < -0.39 is 6.10 Å². The molecule has 0 saturated heterocycles. The number of H-pyrrole nitrogens is 1. The third-order valence-corrected chi connectivity index (χ3v) is 5.85. The van der Waals surface area contributed by atoms with E-state index in [0.29, 0.717) is 17.7 Å². The van der Waals surface area contributed by atoms with E-state index in [2.05, 4.69) is 40.3 Å². The van der Waals surface area contributed by atoms with E-state index in [1.54, 1.807) is 24.7 Å². The molecule has 1 heterocycles. The minimum absolute atomic E-state index is 0. The van der Waals surface area contributed by atoms with Crippen molar-refractivity contribution in [1.82, 2.24) is 9.97 Å². The summed E-state index contributed by atoms with van der Waals surface area (Å²) in [7, 11) is 0. The fourth-order valence-corrected chi connectivity index (χ4v) is 4.14. The van der Waals surface area contributed by atoms with Gasteiger partial charge in [0.1, 0.15) is 6.10 Å². The van der Waals surface area contributed by atoms with Crippen LogP contribution in [-0.4, -0.2) is 9.97 Å². The maximum absolute atomic E-state index is 9.84. The first-order chi connectivity index (χ1) is 16.8. The Hall–Kier alpha value is -4.42. The monoisotopic (exact) mass is 476 g/mol. The molecule has 0 aliphatic carbocycles. The van der Waals surface area contributed by atoms with Crippen LogP contribution in [0.1, 0.15) is 34.1 Å². The number of imidazole rings is 1. The molecular formula is C29H21ClN4O. The minimum Gasteiger partial charge on any atom is -0.363 e. The van der Waals surface area contributed by atoms with Crippen molar-refractivity contribution in [3.63, 3.8) is 0 Å². The first kappa shape index (κ1) is 23.7. The zero-order chi connectivity index (χ0) is 23.3. The number of halogens is 1. The van der Waals surface area contributed by atoms with E-state index in [1.165, 1.54) is 0 Å². The molecule has 0 aliphatic heterocycles. The summed E-state index contributed by atoms with van der Waals surface area (Å²) in [5, 5.41) is 21.1. The van der Waals surface area contributed by atoms with Gasteiger partial charge in [0.15, 0.2) is 0 Å². The quantitative estimate of drug-likeness (QED) is 0.295. The van der Waals surface area contributed by atoms with Gasteiger partial charge in [-0.05, 0) is 51.7 Å². The standard InChI is InChI=1S/C29H20N4O.ClH/c30-15-20-8-10-21(11-9-20)18-34-29(28-17-32-19-33-28)23-12-13-24(16-31)27(14-23)26-7-3-5-22-4-1-2-6-25(22)26;/h1-14,17,19,29H,18H2,(H,32,33);1H. The number of benzene rings is 4. The van der Waals surface area contributed by atoms with Gasteiger partial charge in [-0.25, -0.2) is 4.98 Å². The van der Waals surface area contributed by atoms with E-state index in [1.807, 2.05) is 54.6 Å². The topological polar surface area (TPSA) is 85.5 Å². The second-order valence-electron chi connectivity index (χ2n) is 7.95. The molecule has 0 saturated carbocycles. The summed E-state index contributed by atoms with van der Waals surface area (Å²) in [5.41, 5.74) is 5.79. The molecule has 170 valence electrons. The molecule has 5 aromatic rings. The minimum atomic E-state index is -0.403. The first-order valence-corrected chi connectivity index (χ1v) is 10.9. The molecule has 6 heteroatoms. The van der Waals surface area contributed by atoms with Crippen LogP contribution in [0.5, 0.6) is 0 Å². The fourth-order valence-electron chi connectivity index (χ4n) is 4.14. The lowest BCUT2D eigenvalue weighted by atomic mass is 9.92. The van der Waals surface area contributed by atoms with Crippen LogP contribution in [0, 0.1) is 22.7 Å². The van der Waals surface area contributed by atoms with Crippen molar-refractivity contribution in [2.45, 2.75) is 12.7 Å². The lowest BCUT2D eigenvalue weighted by Gasteiger charge is -2.19. The zero-order valence-electron chi connectivity index (χ0n) is 18.7. The molecule has 0 fully saturated rings. The Bertz CT molecular complexity index is 1530. The second-order valence-corrected chi connectivity index (χ2v) is 7.95. The molecule has 1 aromatic heterocycles. The number of nitriles is 2. The van der Waals surface area contributed by atoms with E-state index in [0.717, 1.165) is 38.7 Å². The fraction of sp³-hybridized carbons (Fsp3) is 0.0690. The number of hydrogen-bond donors (Lipinski definition) is 1. The number of hydrogen-bond acceptors (Lipinski definition) is 4. The van der Waals surface area contributed by atoms with Gasteiger partial charge in [-0.3, -0.25) is 0 Å². The Kier molecular flexibility index (Phi) is 7.24. The summed E-state index contributed by atoms with van der Waals surface area (Å²) < 4.78 is 6.35. The molecule has 5 rings (SSSR count). The molecule has 0 bridgehead atoms. The van der Waals surface area contributed by atoms with Crippen LogP contribution in [-0.2, 0) is 11.3 Å². The lowest BCUT2D eigenvalue weighted by molar-refractivity contribution is 0.0643. The average molecular weight is 477 g/mol. The highest BCUT2D eigenvalue weighted by atomic mass is 35.5. The Balaban J connectivity index is 0.00000289. The highest BCUT2D eigenvalue weighted by Gasteiger charge is 2.19. The maximum atomic E-state index is 9.84.